The van der Waals surface area contributed by atoms with Gasteiger partial charge >= 0.3 is 0 Å². The Kier molecular flexibility index (Phi) is 5.62. The summed E-state index contributed by atoms with van der Waals surface area (Å²) in [6, 6.07) is 5.60. The van der Waals surface area contributed by atoms with Gasteiger partial charge in [-0.25, -0.2) is 5.43 Å². The number of carbonyl (C=O) groups is 1. The van der Waals surface area contributed by atoms with E-state index in [1.807, 2.05) is 25.1 Å². The highest BCUT2D eigenvalue weighted by Gasteiger charge is 2.14. The van der Waals surface area contributed by atoms with Crippen LogP contribution in [0.15, 0.2) is 23.3 Å². The molecular formula is C16H22ClN3O. The van der Waals surface area contributed by atoms with Crippen LogP contribution in [0.2, 0.25) is 5.02 Å². The molecule has 2 rings (SSSR count). The van der Waals surface area contributed by atoms with Crippen LogP contribution in [-0.2, 0) is 4.79 Å². The lowest BCUT2D eigenvalue weighted by Crippen LogP contribution is -2.28. The van der Waals surface area contributed by atoms with Crippen LogP contribution >= 0.6 is 11.6 Å². The molecule has 2 N–H and O–H groups in total. The Bertz CT molecular complexity index is 542. The van der Waals surface area contributed by atoms with Crippen LogP contribution in [-0.4, -0.2) is 18.2 Å². The summed E-state index contributed by atoms with van der Waals surface area (Å²) < 4.78 is 0. The molecule has 1 unspecified atom stereocenters. The van der Waals surface area contributed by atoms with E-state index in [2.05, 4.69) is 22.8 Å². The lowest BCUT2D eigenvalue weighted by Gasteiger charge is -2.19. The zero-order valence-electron chi connectivity index (χ0n) is 12.6. The van der Waals surface area contributed by atoms with Gasteiger partial charge in [0.05, 0.1) is 6.54 Å². The van der Waals surface area contributed by atoms with Crippen molar-refractivity contribution in [3.05, 3.63) is 28.8 Å². The quantitative estimate of drug-likeness (QED) is 0.833. The lowest BCUT2D eigenvalue weighted by atomic mass is 9.89. The van der Waals surface area contributed by atoms with Crippen molar-refractivity contribution in [1.82, 2.24) is 5.43 Å². The smallest absolute Gasteiger partial charge is 0.259 e. The van der Waals surface area contributed by atoms with Crippen LogP contribution in [0, 0.1) is 12.8 Å². The Morgan fingerprint density at radius 2 is 2.29 bits per heavy atom. The van der Waals surface area contributed by atoms with Gasteiger partial charge in [0.25, 0.3) is 5.91 Å². The van der Waals surface area contributed by atoms with E-state index in [4.69, 9.17) is 11.6 Å². The first-order valence-electron chi connectivity index (χ1n) is 7.39. The van der Waals surface area contributed by atoms with Crippen molar-refractivity contribution in [2.24, 2.45) is 11.0 Å². The van der Waals surface area contributed by atoms with Gasteiger partial charge in [0.2, 0.25) is 0 Å². The van der Waals surface area contributed by atoms with Gasteiger partial charge in [0.15, 0.2) is 0 Å². The maximum absolute atomic E-state index is 11.8. The summed E-state index contributed by atoms with van der Waals surface area (Å²) >= 11 is 6.04. The van der Waals surface area contributed by atoms with E-state index in [1.165, 1.54) is 6.42 Å². The molecule has 0 spiro atoms. The van der Waals surface area contributed by atoms with Gasteiger partial charge in [-0.15, -0.1) is 0 Å². The zero-order chi connectivity index (χ0) is 15.2. The highest BCUT2D eigenvalue weighted by Crippen LogP contribution is 2.22. The highest BCUT2D eigenvalue weighted by molar-refractivity contribution is 6.31. The second kappa shape index (κ2) is 7.46. The van der Waals surface area contributed by atoms with Crippen molar-refractivity contribution in [3.63, 3.8) is 0 Å². The van der Waals surface area contributed by atoms with Gasteiger partial charge in [-0.2, -0.15) is 5.10 Å². The normalized spacial score (nSPS) is 20.3. The Hall–Kier alpha value is -1.55. The minimum Gasteiger partial charge on any atom is -0.376 e. The molecule has 4 nitrogen and oxygen atoms in total. The van der Waals surface area contributed by atoms with Gasteiger partial charge in [0, 0.05) is 16.4 Å². The third kappa shape index (κ3) is 4.74. The van der Waals surface area contributed by atoms with E-state index >= 15 is 0 Å². The van der Waals surface area contributed by atoms with Crippen molar-refractivity contribution in [2.75, 3.05) is 11.9 Å². The van der Waals surface area contributed by atoms with Crippen LogP contribution in [0.4, 0.5) is 5.69 Å². The number of nitrogens with zero attached hydrogens (tertiary/aromatic N) is 1. The molecule has 1 amide bonds. The predicted octanol–water partition coefficient (Wildman–Crippen LogP) is 3.74. The molecule has 0 heterocycles. The Morgan fingerprint density at radius 3 is 3.05 bits per heavy atom. The number of hydrogen-bond acceptors (Lipinski definition) is 3. The number of carbonyl (C=O) groups excluding carboxylic acids is 1. The number of hydrogen-bond donors (Lipinski definition) is 2. The van der Waals surface area contributed by atoms with Crippen LogP contribution in [0.25, 0.3) is 0 Å². The standard InChI is InChI=1S/C16H22ClN3O/c1-11-5-3-6-13(9-11)19-20-16(21)10-18-15-8-4-7-14(17)12(15)2/h4,7-8,11,18H,3,5-6,9-10H2,1-2H3,(H,20,21). The molecule has 0 radical (unpaired) electrons. The largest absolute Gasteiger partial charge is 0.376 e. The topological polar surface area (TPSA) is 53.5 Å². The fraction of sp³-hybridized carbons (Fsp3) is 0.500. The highest BCUT2D eigenvalue weighted by atomic mass is 35.5. The summed E-state index contributed by atoms with van der Waals surface area (Å²) in [6.45, 7) is 4.33. The van der Waals surface area contributed by atoms with Crippen molar-refractivity contribution < 1.29 is 4.79 Å². The molecule has 114 valence electrons. The Morgan fingerprint density at radius 1 is 1.48 bits per heavy atom. The first-order valence-corrected chi connectivity index (χ1v) is 7.77. The second-order valence-corrected chi connectivity index (χ2v) is 6.09. The van der Waals surface area contributed by atoms with E-state index in [1.54, 1.807) is 0 Å². The van der Waals surface area contributed by atoms with Gasteiger partial charge in [-0.05, 0) is 56.2 Å². The minimum atomic E-state index is -0.139. The van der Waals surface area contributed by atoms with Crippen LogP contribution in [0.1, 0.15) is 38.2 Å². The number of hydrazone groups is 1. The number of halogens is 1. The van der Waals surface area contributed by atoms with Crippen LogP contribution in [0.3, 0.4) is 0 Å². The maximum atomic E-state index is 11.8. The average Bonchev–Trinajstić information content (AvgIpc) is 2.47. The van der Waals surface area contributed by atoms with E-state index in [0.29, 0.717) is 10.9 Å². The van der Waals surface area contributed by atoms with E-state index in [9.17, 15) is 4.79 Å². The molecule has 1 aliphatic rings. The first-order chi connectivity index (χ1) is 10.1. The van der Waals surface area contributed by atoms with Crippen molar-refractivity contribution in [3.8, 4) is 0 Å². The van der Waals surface area contributed by atoms with Crippen LogP contribution < -0.4 is 10.7 Å². The van der Waals surface area contributed by atoms with Crippen molar-refractivity contribution in [2.45, 2.75) is 39.5 Å². The molecule has 1 saturated carbocycles. The maximum Gasteiger partial charge on any atom is 0.259 e. The molecule has 1 aliphatic carbocycles. The SMILES string of the molecule is Cc1c(Cl)cccc1NCC(=O)NN=C1CCCC(C)C1. The molecular weight excluding hydrogens is 286 g/mol. The molecule has 0 aliphatic heterocycles. The first kappa shape index (κ1) is 15.8. The summed E-state index contributed by atoms with van der Waals surface area (Å²) in [5.41, 5.74) is 5.54. The minimum absolute atomic E-state index is 0.139. The van der Waals surface area contributed by atoms with E-state index in [-0.39, 0.29) is 12.5 Å². The lowest BCUT2D eigenvalue weighted by molar-refractivity contribution is -0.119. The molecule has 0 saturated heterocycles. The molecule has 1 aromatic carbocycles. The van der Waals surface area contributed by atoms with Gasteiger partial charge in [-0.1, -0.05) is 24.6 Å². The van der Waals surface area contributed by atoms with E-state index in [0.717, 1.165) is 36.2 Å². The summed E-state index contributed by atoms with van der Waals surface area (Å²) in [7, 11) is 0. The monoisotopic (exact) mass is 307 g/mol. The second-order valence-electron chi connectivity index (χ2n) is 5.68. The third-order valence-electron chi connectivity index (χ3n) is 3.79. The summed E-state index contributed by atoms with van der Waals surface area (Å²) in [6.07, 6.45) is 4.39. The molecule has 21 heavy (non-hydrogen) atoms. The number of benzene rings is 1. The number of amides is 1. The average molecular weight is 308 g/mol. The third-order valence-corrected chi connectivity index (χ3v) is 4.20. The van der Waals surface area contributed by atoms with Crippen LogP contribution in [0.5, 0.6) is 0 Å². The molecule has 0 aromatic heterocycles. The van der Waals surface area contributed by atoms with Gasteiger partial charge < -0.3 is 5.32 Å². The number of nitrogens with one attached hydrogen (secondary N) is 2. The molecule has 1 aromatic rings. The number of anilines is 1. The predicted molar refractivity (Wildman–Crippen MR) is 87.9 cm³/mol. The Labute approximate surface area is 131 Å². The Balaban J connectivity index is 1.82. The van der Waals surface area contributed by atoms with Crippen molar-refractivity contribution >= 4 is 28.9 Å². The fourth-order valence-electron chi connectivity index (χ4n) is 2.52. The fourth-order valence-corrected chi connectivity index (χ4v) is 2.69. The summed E-state index contributed by atoms with van der Waals surface area (Å²) in [5, 5.41) is 8.01. The van der Waals surface area contributed by atoms with Gasteiger partial charge in [-0.3, -0.25) is 4.79 Å². The van der Waals surface area contributed by atoms with Crippen molar-refractivity contribution in [1.29, 1.82) is 0 Å². The van der Waals surface area contributed by atoms with E-state index < -0.39 is 0 Å². The zero-order valence-corrected chi connectivity index (χ0v) is 13.3. The molecule has 5 heteroatoms. The molecule has 0 bridgehead atoms. The summed E-state index contributed by atoms with van der Waals surface area (Å²) in [4.78, 5) is 11.8. The number of rotatable bonds is 4. The summed E-state index contributed by atoms with van der Waals surface area (Å²) in [5.74, 6) is 0.529. The molecule has 1 atom stereocenters. The molecule has 1 fully saturated rings. The van der Waals surface area contributed by atoms with Gasteiger partial charge in [0.1, 0.15) is 0 Å².